The fourth-order valence-electron chi connectivity index (χ4n) is 1.82. The van der Waals surface area contributed by atoms with E-state index in [2.05, 4.69) is 0 Å². The molecule has 1 aliphatic rings. The predicted octanol–water partition coefficient (Wildman–Crippen LogP) is 2.12. The predicted molar refractivity (Wildman–Crippen MR) is 47.5 cm³/mol. The van der Waals surface area contributed by atoms with Crippen LogP contribution in [0.15, 0.2) is 0 Å². The molecule has 0 aromatic rings. The minimum atomic E-state index is -0.855. The smallest absolute Gasteiger partial charge is 0.407 e. The van der Waals surface area contributed by atoms with Gasteiger partial charge in [0, 0.05) is 13.1 Å². The standard InChI is InChI=1S/C9H16FNO2/c1-7(10)6-8-2-4-11(5-3-8)9(12)13/h7-8H,2-6H2,1H3,(H,12,13). The number of piperidine rings is 1. The van der Waals surface area contributed by atoms with E-state index in [1.807, 2.05) is 0 Å². The van der Waals surface area contributed by atoms with Crippen LogP contribution in [0.5, 0.6) is 0 Å². The number of amides is 1. The van der Waals surface area contributed by atoms with Crippen LogP contribution in [0, 0.1) is 5.92 Å². The zero-order valence-corrected chi connectivity index (χ0v) is 7.87. The summed E-state index contributed by atoms with van der Waals surface area (Å²) in [6.45, 7) is 2.68. The summed E-state index contributed by atoms with van der Waals surface area (Å²) in [7, 11) is 0. The van der Waals surface area contributed by atoms with Gasteiger partial charge in [0.05, 0.1) is 6.17 Å². The normalized spacial score (nSPS) is 21.5. The highest BCUT2D eigenvalue weighted by atomic mass is 19.1. The third kappa shape index (κ3) is 3.20. The first-order valence-electron chi connectivity index (χ1n) is 4.71. The lowest BCUT2D eigenvalue weighted by atomic mass is 9.92. The number of carboxylic acid groups (broad SMARTS) is 1. The Bertz CT molecular complexity index is 176. The van der Waals surface area contributed by atoms with Crippen LogP contribution in [0.1, 0.15) is 26.2 Å². The van der Waals surface area contributed by atoms with Gasteiger partial charge in [-0.3, -0.25) is 0 Å². The van der Waals surface area contributed by atoms with Crippen LogP contribution in [-0.4, -0.2) is 35.4 Å². The first-order valence-corrected chi connectivity index (χ1v) is 4.71. The highest BCUT2D eigenvalue weighted by Crippen LogP contribution is 2.22. The van der Waals surface area contributed by atoms with Gasteiger partial charge in [0.15, 0.2) is 0 Å². The van der Waals surface area contributed by atoms with Crippen LogP contribution in [-0.2, 0) is 0 Å². The van der Waals surface area contributed by atoms with Gasteiger partial charge in [-0.25, -0.2) is 9.18 Å². The molecule has 1 rings (SSSR count). The lowest BCUT2D eigenvalue weighted by molar-refractivity contribution is 0.118. The number of likely N-dealkylation sites (tertiary alicyclic amines) is 1. The van der Waals surface area contributed by atoms with Crippen molar-refractivity contribution < 1.29 is 14.3 Å². The van der Waals surface area contributed by atoms with Crippen LogP contribution >= 0.6 is 0 Å². The average Bonchev–Trinajstić information content (AvgIpc) is 2.04. The van der Waals surface area contributed by atoms with Crippen molar-refractivity contribution in [3.05, 3.63) is 0 Å². The van der Waals surface area contributed by atoms with E-state index in [0.717, 1.165) is 12.8 Å². The molecule has 1 atom stereocenters. The SMILES string of the molecule is CC(F)CC1CCN(C(=O)O)CC1. The van der Waals surface area contributed by atoms with E-state index < -0.39 is 12.3 Å². The molecule has 1 heterocycles. The summed E-state index contributed by atoms with van der Waals surface area (Å²) in [5, 5.41) is 8.66. The Morgan fingerprint density at radius 3 is 2.54 bits per heavy atom. The Morgan fingerprint density at radius 1 is 1.62 bits per heavy atom. The molecule has 1 aliphatic heterocycles. The number of halogens is 1. The van der Waals surface area contributed by atoms with Gasteiger partial charge in [-0.2, -0.15) is 0 Å². The van der Waals surface area contributed by atoms with Crippen LogP contribution in [0.2, 0.25) is 0 Å². The number of alkyl halides is 1. The van der Waals surface area contributed by atoms with Gasteiger partial charge in [0.25, 0.3) is 0 Å². The molecule has 13 heavy (non-hydrogen) atoms. The van der Waals surface area contributed by atoms with Crippen LogP contribution in [0.3, 0.4) is 0 Å². The molecular formula is C9H16FNO2. The molecule has 0 radical (unpaired) electrons. The van der Waals surface area contributed by atoms with E-state index in [0.29, 0.717) is 25.4 Å². The Morgan fingerprint density at radius 2 is 2.15 bits per heavy atom. The lowest BCUT2D eigenvalue weighted by Crippen LogP contribution is -2.37. The number of hydrogen-bond acceptors (Lipinski definition) is 1. The minimum Gasteiger partial charge on any atom is -0.465 e. The molecule has 0 aromatic heterocycles. The van der Waals surface area contributed by atoms with Crippen molar-refractivity contribution in [2.45, 2.75) is 32.4 Å². The molecule has 1 unspecified atom stereocenters. The lowest BCUT2D eigenvalue weighted by Gasteiger charge is -2.30. The number of carbonyl (C=O) groups is 1. The Balaban J connectivity index is 2.26. The van der Waals surface area contributed by atoms with E-state index >= 15 is 0 Å². The summed E-state index contributed by atoms with van der Waals surface area (Å²) in [6, 6.07) is 0. The monoisotopic (exact) mass is 189 g/mol. The van der Waals surface area contributed by atoms with Crippen molar-refractivity contribution in [1.29, 1.82) is 0 Å². The minimum absolute atomic E-state index is 0.371. The third-order valence-corrected chi connectivity index (χ3v) is 2.54. The molecule has 4 heteroatoms. The molecule has 0 aromatic carbocycles. The zero-order valence-electron chi connectivity index (χ0n) is 7.87. The van der Waals surface area contributed by atoms with E-state index in [9.17, 15) is 9.18 Å². The summed E-state index contributed by atoms with van der Waals surface area (Å²) < 4.78 is 12.6. The molecule has 76 valence electrons. The number of rotatable bonds is 2. The number of hydrogen-bond donors (Lipinski definition) is 1. The highest BCUT2D eigenvalue weighted by molar-refractivity contribution is 5.64. The second kappa shape index (κ2) is 4.44. The van der Waals surface area contributed by atoms with Crippen molar-refractivity contribution in [3.63, 3.8) is 0 Å². The average molecular weight is 189 g/mol. The van der Waals surface area contributed by atoms with Crippen LogP contribution in [0.4, 0.5) is 9.18 Å². The van der Waals surface area contributed by atoms with Gasteiger partial charge in [0.2, 0.25) is 0 Å². The van der Waals surface area contributed by atoms with Crippen molar-refractivity contribution in [2.24, 2.45) is 5.92 Å². The fourth-order valence-corrected chi connectivity index (χ4v) is 1.82. The molecule has 0 spiro atoms. The molecule has 1 fully saturated rings. The molecule has 1 N–H and O–H groups in total. The van der Waals surface area contributed by atoms with E-state index in [1.165, 1.54) is 4.90 Å². The fraction of sp³-hybridized carbons (Fsp3) is 0.889. The Hall–Kier alpha value is -0.800. The molecule has 0 aliphatic carbocycles. The van der Waals surface area contributed by atoms with Crippen molar-refractivity contribution in [3.8, 4) is 0 Å². The maximum Gasteiger partial charge on any atom is 0.407 e. The van der Waals surface area contributed by atoms with Gasteiger partial charge in [0.1, 0.15) is 0 Å². The summed E-state index contributed by atoms with van der Waals surface area (Å²) >= 11 is 0. The largest absolute Gasteiger partial charge is 0.465 e. The topological polar surface area (TPSA) is 40.5 Å². The molecule has 0 bridgehead atoms. The second-order valence-electron chi connectivity index (χ2n) is 3.73. The molecule has 1 amide bonds. The van der Waals surface area contributed by atoms with E-state index in [1.54, 1.807) is 6.92 Å². The van der Waals surface area contributed by atoms with Gasteiger partial charge in [-0.05, 0) is 32.1 Å². The maximum atomic E-state index is 12.6. The van der Waals surface area contributed by atoms with Crippen LogP contribution < -0.4 is 0 Å². The van der Waals surface area contributed by atoms with Crippen LogP contribution in [0.25, 0.3) is 0 Å². The maximum absolute atomic E-state index is 12.6. The van der Waals surface area contributed by atoms with Crippen molar-refractivity contribution >= 4 is 6.09 Å². The van der Waals surface area contributed by atoms with Crippen molar-refractivity contribution in [1.82, 2.24) is 4.90 Å². The summed E-state index contributed by atoms with van der Waals surface area (Å²) in [5.41, 5.74) is 0. The van der Waals surface area contributed by atoms with Gasteiger partial charge in [-0.15, -0.1) is 0 Å². The first kappa shape index (κ1) is 10.3. The zero-order chi connectivity index (χ0) is 9.84. The van der Waals surface area contributed by atoms with Gasteiger partial charge < -0.3 is 10.0 Å². The van der Waals surface area contributed by atoms with Gasteiger partial charge in [-0.1, -0.05) is 0 Å². The summed E-state index contributed by atoms with van der Waals surface area (Å²) in [6.07, 6.45) is 0.572. The molecule has 1 saturated heterocycles. The molecule has 0 saturated carbocycles. The Kier molecular flexibility index (Phi) is 3.51. The summed E-state index contributed by atoms with van der Waals surface area (Å²) in [4.78, 5) is 11.9. The quantitative estimate of drug-likeness (QED) is 0.722. The first-order chi connectivity index (χ1) is 6.09. The second-order valence-corrected chi connectivity index (χ2v) is 3.73. The Labute approximate surface area is 77.5 Å². The number of nitrogens with zero attached hydrogens (tertiary/aromatic N) is 1. The molecular weight excluding hydrogens is 173 g/mol. The third-order valence-electron chi connectivity index (χ3n) is 2.54. The summed E-state index contributed by atoms with van der Waals surface area (Å²) in [5.74, 6) is 0.371. The van der Waals surface area contributed by atoms with E-state index in [-0.39, 0.29) is 0 Å². The molecule has 3 nitrogen and oxygen atoms in total. The van der Waals surface area contributed by atoms with Gasteiger partial charge >= 0.3 is 6.09 Å². The van der Waals surface area contributed by atoms with E-state index in [4.69, 9.17) is 5.11 Å². The van der Waals surface area contributed by atoms with Crippen molar-refractivity contribution in [2.75, 3.05) is 13.1 Å². The highest BCUT2D eigenvalue weighted by Gasteiger charge is 2.23.